The van der Waals surface area contributed by atoms with Crippen LogP contribution in [0.4, 0.5) is 0 Å². The minimum Gasteiger partial charge on any atom is -0.294 e. The van der Waals surface area contributed by atoms with E-state index < -0.39 is 0 Å². The highest BCUT2D eigenvalue weighted by Gasteiger charge is 2.44. The van der Waals surface area contributed by atoms with Crippen molar-refractivity contribution in [3.8, 4) is 11.1 Å². The first-order valence-electron chi connectivity index (χ1n) is 10.2. The quantitative estimate of drug-likeness (QED) is 0.374. The third kappa shape index (κ3) is 2.44. The van der Waals surface area contributed by atoms with Crippen LogP contribution in [-0.2, 0) is 0 Å². The molecule has 138 valence electrons. The van der Waals surface area contributed by atoms with Crippen LogP contribution in [0.2, 0.25) is 0 Å². The molecule has 0 spiro atoms. The zero-order valence-electron chi connectivity index (χ0n) is 16.0. The Kier molecular flexibility index (Phi) is 3.57. The van der Waals surface area contributed by atoms with Gasteiger partial charge in [0.25, 0.3) is 0 Å². The Morgan fingerprint density at radius 3 is 2.10 bits per heavy atom. The Hall–Kier alpha value is -3.45. The molecular weight excluding hydrogens is 352 g/mol. The summed E-state index contributed by atoms with van der Waals surface area (Å²) in [7, 11) is 0. The van der Waals surface area contributed by atoms with E-state index in [1.54, 1.807) is 0 Å². The van der Waals surface area contributed by atoms with Gasteiger partial charge in [0.1, 0.15) is 0 Å². The maximum Gasteiger partial charge on any atom is 0.167 e. The van der Waals surface area contributed by atoms with Gasteiger partial charge >= 0.3 is 0 Å². The van der Waals surface area contributed by atoms with Gasteiger partial charge in [0, 0.05) is 17.4 Å². The number of hydrogen-bond acceptors (Lipinski definition) is 1. The summed E-state index contributed by atoms with van der Waals surface area (Å²) in [5, 5.41) is 2.36. The first kappa shape index (κ1) is 16.5. The van der Waals surface area contributed by atoms with E-state index in [0.717, 1.165) is 17.4 Å². The Labute approximate surface area is 170 Å². The predicted molar refractivity (Wildman–Crippen MR) is 119 cm³/mol. The lowest BCUT2D eigenvalue weighted by molar-refractivity contribution is 0.0936. The maximum absolute atomic E-state index is 13.2. The molecule has 29 heavy (non-hydrogen) atoms. The molecule has 0 aromatic heterocycles. The van der Waals surface area contributed by atoms with Crippen LogP contribution in [0.5, 0.6) is 0 Å². The van der Waals surface area contributed by atoms with Gasteiger partial charge in [-0.1, -0.05) is 84.9 Å². The number of hydrogen-bond donors (Lipinski definition) is 0. The predicted octanol–water partition coefficient (Wildman–Crippen LogP) is 6.89. The van der Waals surface area contributed by atoms with Crippen LogP contribution < -0.4 is 0 Å². The lowest BCUT2D eigenvalue weighted by Gasteiger charge is -2.19. The van der Waals surface area contributed by atoms with E-state index in [2.05, 4.69) is 84.9 Å². The fourth-order valence-corrected chi connectivity index (χ4v) is 5.19. The number of carbonyl (C=O) groups excluding carboxylic acids is 1. The molecule has 6 rings (SSSR count). The monoisotopic (exact) mass is 372 g/mol. The fraction of sp³-hybridized carbons (Fsp3) is 0.107. The summed E-state index contributed by atoms with van der Waals surface area (Å²) in [6.45, 7) is 0. The van der Waals surface area contributed by atoms with Crippen molar-refractivity contribution in [2.45, 2.75) is 12.3 Å². The summed E-state index contributed by atoms with van der Waals surface area (Å²) >= 11 is 0. The van der Waals surface area contributed by atoms with Gasteiger partial charge in [-0.3, -0.25) is 4.79 Å². The standard InChI is InChI=1S/C28H20O/c29-28-24-15-14-23(22-13-7-6-12-21(22)18-8-2-1-3-9-18)27(24)25-16-19-10-4-5-11-20(19)17-26(25)28/h1-14,16-17,24,27H,15H2/t24-,27+/m1/s1. The van der Waals surface area contributed by atoms with E-state index in [-0.39, 0.29) is 11.8 Å². The molecule has 0 saturated heterocycles. The van der Waals surface area contributed by atoms with Crippen molar-refractivity contribution in [2.24, 2.45) is 5.92 Å². The third-order valence-corrected chi connectivity index (χ3v) is 6.51. The van der Waals surface area contributed by atoms with Gasteiger partial charge in [-0.25, -0.2) is 0 Å². The Morgan fingerprint density at radius 2 is 1.31 bits per heavy atom. The summed E-state index contributed by atoms with van der Waals surface area (Å²) in [6.07, 6.45) is 3.13. The molecule has 4 aromatic carbocycles. The van der Waals surface area contributed by atoms with Crippen LogP contribution in [-0.4, -0.2) is 5.78 Å². The largest absolute Gasteiger partial charge is 0.294 e. The molecule has 1 nitrogen and oxygen atoms in total. The van der Waals surface area contributed by atoms with Gasteiger partial charge in [0.2, 0.25) is 0 Å². The molecule has 0 radical (unpaired) electrons. The molecule has 4 aromatic rings. The third-order valence-electron chi connectivity index (χ3n) is 6.51. The molecule has 0 fully saturated rings. The normalized spacial score (nSPS) is 19.9. The number of benzene rings is 4. The molecule has 0 heterocycles. The van der Waals surface area contributed by atoms with Gasteiger partial charge < -0.3 is 0 Å². The van der Waals surface area contributed by atoms with E-state index >= 15 is 0 Å². The Balaban J connectivity index is 1.53. The fourth-order valence-electron chi connectivity index (χ4n) is 5.19. The minimum atomic E-state index is 0.0423. The Morgan fingerprint density at radius 1 is 0.655 bits per heavy atom. The van der Waals surface area contributed by atoms with Crippen molar-refractivity contribution in [3.63, 3.8) is 0 Å². The maximum atomic E-state index is 13.2. The topological polar surface area (TPSA) is 17.1 Å². The molecule has 0 saturated carbocycles. The second-order valence-electron chi connectivity index (χ2n) is 8.04. The molecule has 1 heteroatoms. The SMILES string of the molecule is O=C1c2cc3ccccc3cc2[C@H]2C(c3ccccc3-c3ccccc3)=CC[C@@H]12. The highest BCUT2D eigenvalue weighted by Crippen LogP contribution is 2.53. The number of fused-ring (bicyclic) bond motifs is 4. The highest BCUT2D eigenvalue weighted by molar-refractivity contribution is 6.10. The summed E-state index contributed by atoms with van der Waals surface area (Å²) in [6, 6.07) is 31.8. The zero-order valence-corrected chi connectivity index (χ0v) is 16.0. The van der Waals surface area contributed by atoms with E-state index in [9.17, 15) is 4.79 Å². The zero-order chi connectivity index (χ0) is 19.4. The van der Waals surface area contributed by atoms with E-state index in [0.29, 0.717) is 5.78 Å². The number of Topliss-reactive ketones (excluding diaryl/α,β-unsaturated/α-hetero) is 1. The van der Waals surface area contributed by atoms with Crippen molar-refractivity contribution < 1.29 is 4.79 Å². The van der Waals surface area contributed by atoms with E-state index in [4.69, 9.17) is 0 Å². The highest BCUT2D eigenvalue weighted by atomic mass is 16.1. The smallest absolute Gasteiger partial charge is 0.167 e. The summed E-state index contributed by atoms with van der Waals surface area (Å²) in [5.41, 5.74) is 7.13. The molecule has 0 amide bonds. The van der Waals surface area contributed by atoms with E-state index in [1.165, 1.54) is 33.2 Å². The molecule has 2 atom stereocenters. The molecule has 0 N–H and O–H groups in total. The average Bonchev–Trinajstić information content (AvgIpc) is 3.33. The number of rotatable bonds is 2. The number of carbonyl (C=O) groups is 1. The van der Waals surface area contributed by atoms with Gasteiger partial charge in [-0.2, -0.15) is 0 Å². The lowest BCUT2D eigenvalue weighted by Crippen LogP contribution is -2.09. The van der Waals surface area contributed by atoms with Crippen molar-refractivity contribution in [1.29, 1.82) is 0 Å². The van der Waals surface area contributed by atoms with Gasteiger partial charge in [-0.15, -0.1) is 0 Å². The van der Waals surface area contributed by atoms with Gasteiger partial charge in [-0.05, 0) is 57.2 Å². The van der Waals surface area contributed by atoms with Crippen LogP contribution in [0.3, 0.4) is 0 Å². The second-order valence-corrected chi connectivity index (χ2v) is 8.04. The molecule has 0 unspecified atom stereocenters. The summed E-state index contributed by atoms with van der Waals surface area (Å²) in [4.78, 5) is 13.2. The Bertz CT molecular complexity index is 1300. The van der Waals surface area contributed by atoms with E-state index in [1.807, 2.05) is 12.1 Å². The average molecular weight is 372 g/mol. The van der Waals surface area contributed by atoms with Crippen molar-refractivity contribution in [2.75, 3.05) is 0 Å². The van der Waals surface area contributed by atoms with Crippen LogP contribution >= 0.6 is 0 Å². The molecule has 0 aliphatic heterocycles. The lowest BCUT2D eigenvalue weighted by atomic mass is 9.84. The van der Waals surface area contributed by atoms with Crippen molar-refractivity contribution in [1.82, 2.24) is 0 Å². The van der Waals surface area contributed by atoms with Crippen molar-refractivity contribution in [3.05, 3.63) is 114 Å². The van der Waals surface area contributed by atoms with Crippen LogP contribution in [0.15, 0.2) is 97.1 Å². The van der Waals surface area contributed by atoms with Crippen LogP contribution in [0.1, 0.15) is 33.8 Å². The van der Waals surface area contributed by atoms with Crippen LogP contribution in [0.25, 0.3) is 27.5 Å². The summed E-state index contributed by atoms with van der Waals surface area (Å²) < 4.78 is 0. The molecular formula is C28H20O. The molecule has 0 bridgehead atoms. The van der Waals surface area contributed by atoms with Gasteiger partial charge in [0.05, 0.1) is 0 Å². The minimum absolute atomic E-state index is 0.0423. The molecule has 2 aliphatic rings. The first-order chi connectivity index (χ1) is 14.3. The number of allylic oxidation sites excluding steroid dienone is 2. The van der Waals surface area contributed by atoms with Crippen LogP contribution in [0, 0.1) is 5.92 Å². The first-order valence-corrected chi connectivity index (χ1v) is 10.2. The molecule has 2 aliphatic carbocycles. The second kappa shape index (κ2) is 6.28. The van der Waals surface area contributed by atoms with Gasteiger partial charge in [0.15, 0.2) is 5.78 Å². The summed E-state index contributed by atoms with van der Waals surface area (Å²) in [5.74, 6) is 0.506. The number of ketones is 1. The van der Waals surface area contributed by atoms with Crippen molar-refractivity contribution >= 4 is 22.1 Å².